The molecule has 0 aliphatic rings. The summed E-state index contributed by atoms with van der Waals surface area (Å²) in [7, 11) is -2.88. The fourth-order valence-electron chi connectivity index (χ4n) is 1.46. The Morgan fingerprint density at radius 3 is 2.19 bits per heavy atom. The SMILES string of the molecule is CCCNCCCCS(=O)(=O)C(C)C(C)C. The van der Waals surface area contributed by atoms with Crippen molar-refractivity contribution in [2.75, 3.05) is 18.8 Å². The Morgan fingerprint density at radius 1 is 1.06 bits per heavy atom. The Morgan fingerprint density at radius 2 is 1.69 bits per heavy atom. The molecule has 0 fully saturated rings. The van der Waals surface area contributed by atoms with Gasteiger partial charge >= 0.3 is 0 Å². The van der Waals surface area contributed by atoms with E-state index in [1.54, 1.807) is 0 Å². The fourth-order valence-corrected chi connectivity index (χ4v) is 3.26. The lowest BCUT2D eigenvalue weighted by Crippen LogP contribution is -2.26. The molecule has 0 saturated heterocycles. The van der Waals surface area contributed by atoms with Gasteiger partial charge in [0.15, 0.2) is 9.84 Å². The van der Waals surface area contributed by atoms with Gasteiger partial charge in [-0.05, 0) is 45.2 Å². The van der Waals surface area contributed by atoms with Crippen LogP contribution in [0.2, 0.25) is 0 Å². The molecule has 0 aromatic heterocycles. The van der Waals surface area contributed by atoms with Gasteiger partial charge in [-0.15, -0.1) is 0 Å². The monoisotopic (exact) mass is 249 g/mol. The normalized spacial score (nSPS) is 14.3. The van der Waals surface area contributed by atoms with E-state index in [0.29, 0.717) is 5.75 Å². The molecule has 0 aliphatic carbocycles. The summed E-state index contributed by atoms with van der Waals surface area (Å²) in [6.07, 6.45) is 2.85. The van der Waals surface area contributed by atoms with E-state index >= 15 is 0 Å². The van der Waals surface area contributed by atoms with Crippen LogP contribution in [0.4, 0.5) is 0 Å². The summed E-state index contributed by atoms with van der Waals surface area (Å²) in [5.41, 5.74) is 0. The van der Waals surface area contributed by atoms with E-state index in [0.717, 1.165) is 32.4 Å². The number of unbranched alkanes of at least 4 members (excludes halogenated alkanes) is 1. The Labute approximate surface area is 101 Å². The van der Waals surface area contributed by atoms with Crippen LogP contribution in [0, 0.1) is 5.92 Å². The van der Waals surface area contributed by atoms with Crippen molar-refractivity contribution in [3.8, 4) is 0 Å². The summed E-state index contributed by atoms with van der Waals surface area (Å²) in [6, 6.07) is 0. The largest absolute Gasteiger partial charge is 0.317 e. The van der Waals surface area contributed by atoms with E-state index in [1.807, 2.05) is 20.8 Å². The first-order valence-corrected chi connectivity index (χ1v) is 8.05. The molecule has 0 amide bonds. The second-order valence-electron chi connectivity index (χ2n) is 4.77. The van der Waals surface area contributed by atoms with Crippen LogP contribution in [0.15, 0.2) is 0 Å². The standard InChI is InChI=1S/C12H27NO2S/c1-5-8-13-9-6-7-10-16(14,15)12(4)11(2)3/h11-13H,5-10H2,1-4H3. The van der Waals surface area contributed by atoms with Crippen LogP contribution in [0.1, 0.15) is 47.0 Å². The van der Waals surface area contributed by atoms with Gasteiger partial charge in [0, 0.05) is 0 Å². The number of rotatable bonds is 9. The molecule has 98 valence electrons. The maximum Gasteiger partial charge on any atom is 0.153 e. The second-order valence-corrected chi connectivity index (χ2v) is 7.25. The number of hydrogen-bond donors (Lipinski definition) is 1. The smallest absolute Gasteiger partial charge is 0.153 e. The van der Waals surface area contributed by atoms with Gasteiger partial charge in [-0.3, -0.25) is 0 Å². The Hall–Kier alpha value is -0.0900. The Bertz CT molecular complexity index is 260. The summed E-state index contributed by atoms with van der Waals surface area (Å²) in [4.78, 5) is 0. The third kappa shape index (κ3) is 6.48. The number of hydrogen-bond acceptors (Lipinski definition) is 3. The van der Waals surface area contributed by atoms with Crippen molar-refractivity contribution in [3.63, 3.8) is 0 Å². The van der Waals surface area contributed by atoms with Gasteiger partial charge in [0.25, 0.3) is 0 Å². The van der Waals surface area contributed by atoms with Gasteiger partial charge < -0.3 is 5.32 Å². The van der Waals surface area contributed by atoms with Crippen LogP contribution >= 0.6 is 0 Å². The van der Waals surface area contributed by atoms with Crippen LogP contribution in [0.3, 0.4) is 0 Å². The Kier molecular flexibility index (Phi) is 8.02. The molecule has 0 aromatic rings. The predicted octanol–water partition coefficient (Wildman–Crippen LogP) is 2.23. The molecule has 4 heteroatoms. The maximum atomic E-state index is 11.8. The summed E-state index contributed by atoms with van der Waals surface area (Å²) < 4.78 is 23.7. The number of nitrogens with one attached hydrogen (secondary N) is 1. The summed E-state index contributed by atoms with van der Waals surface area (Å²) in [5.74, 6) is 0.545. The highest BCUT2D eigenvalue weighted by Crippen LogP contribution is 2.13. The molecule has 3 nitrogen and oxygen atoms in total. The molecule has 0 spiro atoms. The molecule has 0 aromatic carbocycles. The molecular formula is C12H27NO2S. The zero-order chi connectivity index (χ0) is 12.6. The third-order valence-electron chi connectivity index (χ3n) is 2.96. The molecule has 1 N–H and O–H groups in total. The quantitative estimate of drug-likeness (QED) is 0.637. The van der Waals surface area contributed by atoms with E-state index in [9.17, 15) is 8.42 Å². The highest BCUT2D eigenvalue weighted by Gasteiger charge is 2.22. The predicted molar refractivity (Wildman–Crippen MR) is 70.5 cm³/mol. The van der Waals surface area contributed by atoms with Crippen molar-refractivity contribution < 1.29 is 8.42 Å². The molecule has 0 bridgehead atoms. The fraction of sp³-hybridized carbons (Fsp3) is 1.00. The van der Waals surface area contributed by atoms with Gasteiger partial charge in [0.2, 0.25) is 0 Å². The topological polar surface area (TPSA) is 46.2 Å². The van der Waals surface area contributed by atoms with E-state index in [4.69, 9.17) is 0 Å². The first kappa shape index (κ1) is 15.9. The van der Waals surface area contributed by atoms with Crippen LogP contribution in [-0.4, -0.2) is 32.5 Å². The van der Waals surface area contributed by atoms with Crippen LogP contribution in [0.5, 0.6) is 0 Å². The maximum absolute atomic E-state index is 11.8. The highest BCUT2D eigenvalue weighted by atomic mass is 32.2. The molecule has 0 aliphatic heterocycles. The molecule has 1 unspecified atom stereocenters. The lowest BCUT2D eigenvalue weighted by Gasteiger charge is -2.16. The molecule has 1 atom stereocenters. The zero-order valence-corrected chi connectivity index (χ0v) is 11.9. The van der Waals surface area contributed by atoms with Gasteiger partial charge in [-0.2, -0.15) is 0 Å². The summed E-state index contributed by atoms with van der Waals surface area (Å²) in [6.45, 7) is 9.82. The van der Waals surface area contributed by atoms with Crippen molar-refractivity contribution in [2.45, 2.75) is 52.2 Å². The minimum Gasteiger partial charge on any atom is -0.317 e. The van der Waals surface area contributed by atoms with Gasteiger partial charge in [-0.1, -0.05) is 20.8 Å². The van der Waals surface area contributed by atoms with E-state index in [2.05, 4.69) is 12.2 Å². The minimum atomic E-state index is -2.88. The molecular weight excluding hydrogens is 222 g/mol. The molecule has 0 radical (unpaired) electrons. The molecule has 0 saturated carbocycles. The average molecular weight is 249 g/mol. The third-order valence-corrected chi connectivity index (χ3v) is 5.50. The lowest BCUT2D eigenvalue weighted by atomic mass is 10.2. The van der Waals surface area contributed by atoms with Crippen molar-refractivity contribution in [3.05, 3.63) is 0 Å². The first-order valence-electron chi connectivity index (χ1n) is 6.34. The zero-order valence-electron chi connectivity index (χ0n) is 11.1. The summed E-state index contributed by atoms with van der Waals surface area (Å²) >= 11 is 0. The minimum absolute atomic E-state index is 0.211. The lowest BCUT2D eigenvalue weighted by molar-refractivity contribution is 0.541. The summed E-state index contributed by atoms with van der Waals surface area (Å²) in [5, 5.41) is 3.07. The van der Waals surface area contributed by atoms with Crippen LogP contribution in [0.25, 0.3) is 0 Å². The number of sulfone groups is 1. The average Bonchev–Trinajstić information content (AvgIpc) is 2.22. The van der Waals surface area contributed by atoms with Crippen molar-refractivity contribution in [1.82, 2.24) is 5.32 Å². The molecule has 0 rings (SSSR count). The van der Waals surface area contributed by atoms with Crippen molar-refractivity contribution >= 4 is 9.84 Å². The van der Waals surface area contributed by atoms with Crippen molar-refractivity contribution in [1.29, 1.82) is 0 Å². The van der Waals surface area contributed by atoms with E-state index in [-0.39, 0.29) is 11.2 Å². The Balaban J connectivity index is 3.75. The van der Waals surface area contributed by atoms with Gasteiger partial charge in [0.05, 0.1) is 11.0 Å². The second kappa shape index (κ2) is 8.07. The highest BCUT2D eigenvalue weighted by molar-refractivity contribution is 7.92. The van der Waals surface area contributed by atoms with Gasteiger partial charge in [-0.25, -0.2) is 8.42 Å². The van der Waals surface area contributed by atoms with E-state index in [1.165, 1.54) is 0 Å². The van der Waals surface area contributed by atoms with E-state index < -0.39 is 9.84 Å². The van der Waals surface area contributed by atoms with Gasteiger partial charge in [0.1, 0.15) is 0 Å². The first-order chi connectivity index (χ1) is 7.41. The molecule has 16 heavy (non-hydrogen) atoms. The van der Waals surface area contributed by atoms with Crippen LogP contribution < -0.4 is 5.32 Å². The molecule has 0 heterocycles. The van der Waals surface area contributed by atoms with Crippen molar-refractivity contribution in [2.24, 2.45) is 5.92 Å². The van der Waals surface area contributed by atoms with Crippen LogP contribution in [-0.2, 0) is 9.84 Å².